The highest BCUT2D eigenvalue weighted by atomic mass is 35.5. The van der Waals surface area contributed by atoms with E-state index in [1.54, 1.807) is 6.07 Å². The molecule has 0 aliphatic rings. The normalized spacial score (nSPS) is 9.27. The summed E-state index contributed by atoms with van der Waals surface area (Å²) < 4.78 is 0. The summed E-state index contributed by atoms with van der Waals surface area (Å²) in [6.45, 7) is 0. The minimum Gasteiger partial charge on any atom is -0.308 e. The summed E-state index contributed by atoms with van der Waals surface area (Å²) in [4.78, 5) is 14.3. The minimum absolute atomic E-state index is 0.352. The molecule has 58 valence electrons. The number of hydrogen-bond donors (Lipinski definition) is 2. The third-order valence-electron chi connectivity index (χ3n) is 1.14. The monoisotopic (exact) mass is 171 g/mol. The predicted octanol–water partition coefficient (Wildman–Crippen LogP) is 0.746. The molecular formula is C6H6ClN3O. The molecule has 0 fully saturated rings. The molecular weight excluding hydrogens is 166 g/mol. The van der Waals surface area contributed by atoms with Crippen molar-refractivity contribution >= 4 is 22.7 Å². The van der Waals surface area contributed by atoms with Crippen LogP contribution in [0, 0.1) is 0 Å². The number of anilines is 1. The second kappa shape index (κ2) is 3.32. The van der Waals surface area contributed by atoms with Crippen LogP contribution >= 0.6 is 11.6 Å². The molecule has 0 aliphatic carbocycles. The predicted molar refractivity (Wildman–Crippen MR) is 42.2 cm³/mol. The van der Waals surface area contributed by atoms with Crippen molar-refractivity contribution < 1.29 is 4.79 Å². The molecule has 0 spiro atoms. The van der Waals surface area contributed by atoms with E-state index in [1.807, 2.05) is 0 Å². The van der Waals surface area contributed by atoms with Crippen LogP contribution in [0.2, 0.25) is 0 Å². The standard InChI is InChI=1S/C6H6ClN3O/c7-6(11)4-1-2-5(10-8)9-3-4/h1-3H,8H2,(H,9,10). The number of carbonyl (C=O) groups is 1. The van der Waals surface area contributed by atoms with Crippen molar-refractivity contribution in [1.29, 1.82) is 0 Å². The summed E-state index contributed by atoms with van der Waals surface area (Å²) >= 11 is 5.17. The third-order valence-corrected chi connectivity index (χ3v) is 1.36. The maximum atomic E-state index is 10.5. The highest BCUT2D eigenvalue weighted by Crippen LogP contribution is 2.05. The summed E-state index contributed by atoms with van der Waals surface area (Å²) in [6, 6.07) is 3.10. The van der Waals surface area contributed by atoms with E-state index in [-0.39, 0.29) is 0 Å². The number of nitrogens with one attached hydrogen (secondary N) is 1. The van der Waals surface area contributed by atoms with Crippen molar-refractivity contribution in [2.24, 2.45) is 5.84 Å². The number of carbonyl (C=O) groups excluding carboxylic acids is 1. The van der Waals surface area contributed by atoms with Crippen molar-refractivity contribution in [3.05, 3.63) is 23.9 Å². The number of nitrogen functional groups attached to an aromatic ring is 1. The fourth-order valence-corrected chi connectivity index (χ4v) is 0.707. The summed E-state index contributed by atoms with van der Waals surface area (Å²) in [5, 5.41) is -0.527. The van der Waals surface area contributed by atoms with Crippen LogP contribution in [0.3, 0.4) is 0 Å². The van der Waals surface area contributed by atoms with E-state index in [1.165, 1.54) is 12.3 Å². The van der Waals surface area contributed by atoms with Crippen LogP contribution in [0.15, 0.2) is 18.3 Å². The number of rotatable bonds is 2. The topological polar surface area (TPSA) is 68.0 Å². The molecule has 1 aromatic rings. The Morgan fingerprint density at radius 3 is 2.73 bits per heavy atom. The molecule has 11 heavy (non-hydrogen) atoms. The largest absolute Gasteiger partial charge is 0.308 e. The zero-order valence-electron chi connectivity index (χ0n) is 5.54. The lowest BCUT2D eigenvalue weighted by atomic mass is 10.3. The second-order valence-electron chi connectivity index (χ2n) is 1.85. The molecule has 0 unspecified atom stereocenters. The Morgan fingerprint density at radius 1 is 1.64 bits per heavy atom. The SMILES string of the molecule is NNc1ccc(C(=O)Cl)cn1. The number of halogens is 1. The fourth-order valence-electron chi connectivity index (χ4n) is 0.596. The first-order valence-corrected chi connectivity index (χ1v) is 3.24. The fraction of sp³-hybridized carbons (Fsp3) is 0. The van der Waals surface area contributed by atoms with Gasteiger partial charge in [-0.15, -0.1) is 0 Å². The van der Waals surface area contributed by atoms with Gasteiger partial charge in [0.05, 0.1) is 5.56 Å². The Hall–Kier alpha value is -1.13. The van der Waals surface area contributed by atoms with Gasteiger partial charge in [0.1, 0.15) is 5.82 Å². The highest BCUT2D eigenvalue weighted by Gasteiger charge is 2.00. The number of hydrogen-bond acceptors (Lipinski definition) is 4. The molecule has 1 aromatic heterocycles. The Kier molecular flexibility index (Phi) is 2.40. The van der Waals surface area contributed by atoms with Crippen LogP contribution in [-0.2, 0) is 0 Å². The lowest BCUT2D eigenvalue weighted by Gasteiger charge is -1.97. The van der Waals surface area contributed by atoms with Crippen molar-refractivity contribution in [2.75, 3.05) is 5.43 Å². The smallest absolute Gasteiger partial charge is 0.253 e. The summed E-state index contributed by atoms with van der Waals surface area (Å²) in [5.41, 5.74) is 2.68. The van der Waals surface area contributed by atoms with Gasteiger partial charge in [0, 0.05) is 6.20 Å². The maximum absolute atomic E-state index is 10.5. The Labute approximate surface area is 68.3 Å². The molecule has 3 N–H and O–H groups in total. The van der Waals surface area contributed by atoms with Gasteiger partial charge >= 0.3 is 0 Å². The molecule has 1 rings (SSSR count). The molecule has 0 aromatic carbocycles. The van der Waals surface area contributed by atoms with Gasteiger partial charge in [0.25, 0.3) is 5.24 Å². The molecule has 0 bridgehead atoms. The van der Waals surface area contributed by atoms with Gasteiger partial charge in [-0.25, -0.2) is 10.8 Å². The first-order chi connectivity index (χ1) is 5.24. The van der Waals surface area contributed by atoms with Crippen molar-refractivity contribution in [1.82, 2.24) is 4.98 Å². The average Bonchev–Trinajstić information content (AvgIpc) is 2.05. The molecule has 0 saturated carbocycles. The van der Waals surface area contributed by atoms with Crippen LogP contribution in [0.4, 0.5) is 5.82 Å². The molecule has 0 saturated heterocycles. The van der Waals surface area contributed by atoms with Gasteiger partial charge in [0.15, 0.2) is 0 Å². The van der Waals surface area contributed by atoms with Crippen LogP contribution in [0.1, 0.15) is 10.4 Å². The summed E-state index contributed by atoms with van der Waals surface area (Å²) in [6.07, 6.45) is 1.35. The molecule has 1 heterocycles. The van der Waals surface area contributed by atoms with Crippen molar-refractivity contribution in [2.45, 2.75) is 0 Å². The average molecular weight is 172 g/mol. The molecule has 0 radical (unpaired) electrons. The Balaban J connectivity index is 2.91. The van der Waals surface area contributed by atoms with Crippen LogP contribution in [0.25, 0.3) is 0 Å². The first kappa shape index (κ1) is 7.97. The van der Waals surface area contributed by atoms with Crippen molar-refractivity contribution in [3.63, 3.8) is 0 Å². The summed E-state index contributed by atoms with van der Waals surface area (Å²) in [5.74, 6) is 5.54. The lowest BCUT2D eigenvalue weighted by molar-refractivity contribution is 0.108. The number of nitrogens with zero attached hydrogens (tertiary/aromatic N) is 1. The number of nitrogens with two attached hydrogens (primary N) is 1. The van der Waals surface area contributed by atoms with E-state index in [4.69, 9.17) is 17.4 Å². The summed E-state index contributed by atoms with van der Waals surface area (Å²) in [7, 11) is 0. The number of hydrazine groups is 1. The second-order valence-corrected chi connectivity index (χ2v) is 2.19. The molecule has 4 nitrogen and oxygen atoms in total. The molecule has 5 heteroatoms. The van der Waals surface area contributed by atoms with Gasteiger partial charge in [-0.1, -0.05) is 0 Å². The van der Waals surface area contributed by atoms with Crippen LogP contribution < -0.4 is 11.3 Å². The van der Waals surface area contributed by atoms with E-state index in [2.05, 4.69) is 10.4 Å². The number of aromatic nitrogens is 1. The van der Waals surface area contributed by atoms with Gasteiger partial charge in [-0.2, -0.15) is 0 Å². The van der Waals surface area contributed by atoms with Gasteiger partial charge in [-0.05, 0) is 23.7 Å². The van der Waals surface area contributed by atoms with Crippen LogP contribution in [0.5, 0.6) is 0 Å². The minimum atomic E-state index is -0.527. The molecule has 0 atom stereocenters. The van der Waals surface area contributed by atoms with Gasteiger partial charge in [0.2, 0.25) is 0 Å². The van der Waals surface area contributed by atoms with Crippen LogP contribution in [-0.4, -0.2) is 10.2 Å². The lowest BCUT2D eigenvalue weighted by Crippen LogP contribution is -2.08. The van der Waals surface area contributed by atoms with E-state index < -0.39 is 5.24 Å². The van der Waals surface area contributed by atoms with E-state index in [9.17, 15) is 4.79 Å². The van der Waals surface area contributed by atoms with Gasteiger partial charge in [-0.3, -0.25) is 4.79 Å². The van der Waals surface area contributed by atoms with E-state index in [0.29, 0.717) is 11.4 Å². The first-order valence-electron chi connectivity index (χ1n) is 2.86. The van der Waals surface area contributed by atoms with E-state index >= 15 is 0 Å². The maximum Gasteiger partial charge on any atom is 0.253 e. The highest BCUT2D eigenvalue weighted by molar-refractivity contribution is 6.67. The number of pyridine rings is 1. The zero-order chi connectivity index (χ0) is 8.27. The third kappa shape index (κ3) is 1.89. The molecule has 0 amide bonds. The Bertz CT molecular complexity index is 259. The molecule has 0 aliphatic heterocycles. The van der Waals surface area contributed by atoms with Crippen molar-refractivity contribution in [3.8, 4) is 0 Å². The van der Waals surface area contributed by atoms with E-state index in [0.717, 1.165) is 0 Å². The van der Waals surface area contributed by atoms with Gasteiger partial charge < -0.3 is 5.43 Å². The quantitative estimate of drug-likeness (QED) is 0.391. The Morgan fingerprint density at radius 2 is 2.36 bits per heavy atom. The zero-order valence-corrected chi connectivity index (χ0v) is 6.30.